The molecule has 0 spiro atoms. The van der Waals surface area contributed by atoms with Crippen molar-refractivity contribution in [3.8, 4) is 5.75 Å². The third-order valence-corrected chi connectivity index (χ3v) is 1.72. The third-order valence-electron chi connectivity index (χ3n) is 1.27. The van der Waals surface area contributed by atoms with Crippen LogP contribution in [-0.4, -0.2) is 44.3 Å². The van der Waals surface area contributed by atoms with Gasteiger partial charge in [0, 0.05) is 12.1 Å². The molecular weight excluding hydrogens is 236 g/mol. The number of nitro benzene ring substituents is 1. The average molecular weight is 243 g/mol. The van der Waals surface area contributed by atoms with Gasteiger partial charge in [0.25, 0.3) is 5.69 Å². The molecule has 15 heavy (non-hydrogen) atoms. The monoisotopic (exact) mass is 243 g/mol. The van der Waals surface area contributed by atoms with Crippen molar-refractivity contribution >= 4 is 43.1 Å². The molecule has 0 fully saturated rings. The van der Waals surface area contributed by atoms with Gasteiger partial charge in [0.2, 0.25) is 0 Å². The van der Waals surface area contributed by atoms with Gasteiger partial charge in [-0.15, -0.1) is 0 Å². The number of phosphoric acid groups is 1. The Labute approximate surface area is 107 Å². The molecule has 0 aliphatic carbocycles. The van der Waals surface area contributed by atoms with Gasteiger partial charge in [0.05, 0.1) is 4.92 Å². The van der Waals surface area contributed by atoms with Gasteiger partial charge in [0.15, 0.2) is 0 Å². The molecule has 0 radical (unpaired) electrons. The first-order valence-electron chi connectivity index (χ1n) is 3.38. The molecule has 0 aromatic heterocycles. The Kier molecular flexibility index (Phi) is 5.44. The van der Waals surface area contributed by atoms with Gasteiger partial charge in [-0.25, -0.2) is 4.57 Å². The molecule has 0 saturated carbocycles. The van der Waals surface area contributed by atoms with Crippen LogP contribution in [0.25, 0.3) is 0 Å². The number of nitro groups is 1. The molecule has 1 aromatic rings. The molecule has 0 aliphatic heterocycles. The van der Waals surface area contributed by atoms with E-state index in [2.05, 4.69) is 4.52 Å². The van der Waals surface area contributed by atoms with E-state index in [4.69, 9.17) is 9.79 Å². The van der Waals surface area contributed by atoms with Crippen LogP contribution in [0.1, 0.15) is 0 Å². The standard InChI is InChI=1S/C6H6NO6P.Na.H/c8-7(9)5-1-3-6(4-2-5)13-14(10,11)12;;/h1-4H,(H2,10,11,12);;. The van der Waals surface area contributed by atoms with Crippen molar-refractivity contribution in [3.63, 3.8) is 0 Å². The van der Waals surface area contributed by atoms with Crippen LogP contribution in [-0.2, 0) is 4.57 Å². The first-order valence-corrected chi connectivity index (χ1v) is 4.91. The Morgan fingerprint density at radius 1 is 1.27 bits per heavy atom. The molecule has 0 atom stereocenters. The second-order valence-corrected chi connectivity index (χ2v) is 3.50. The fourth-order valence-electron chi connectivity index (χ4n) is 0.766. The minimum atomic E-state index is -4.60. The second-order valence-electron chi connectivity index (χ2n) is 2.33. The van der Waals surface area contributed by atoms with E-state index >= 15 is 0 Å². The van der Waals surface area contributed by atoms with Gasteiger partial charge >= 0.3 is 37.4 Å². The van der Waals surface area contributed by atoms with E-state index in [1.165, 1.54) is 0 Å². The fraction of sp³-hybridized carbons (Fsp3) is 0. The molecule has 1 aromatic carbocycles. The molecule has 9 heteroatoms. The summed E-state index contributed by atoms with van der Waals surface area (Å²) in [5.74, 6) is -0.121. The Hall–Kier alpha value is -0.430. The summed E-state index contributed by atoms with van der Waals surface area (Å²) < 4.78 is 14.5. The number of non-ortho nitro benzene ring substituents is 1. The Bertz CT molecular complexity index is 387. The van der Waals surface area contributed by atoms with Crippen LogP contribution in [0.4, 0.5) is 5.69 Å². The van der Waals surface area contributed by atoms with Gasteiger partial charge in [-0.1, -0.05) is 0 Å². The summed E-state index contributed by atoms with van der Waals surface area (Å²) >= 11 is 0. The summed E-state index contributed by atoms with van der Waals surface area (Å²) in [6.07, 6.45) is 0. The molecule has 0 heterocycles. The number of nitrogens with zero attached hydrogens (tertiary/aromatic N) is 1. The maximum absolute atomic E-state index is 10.4. The van der Waals surface area contributed by atoms with E-state index in [-0.39, 0.29) is 41.0 Å². The fourth-order valence-corrected chi connectivity index (χ4v) is 1.16. The topological polar surface area (TPSA) is 110 Å². The summed E-state index contributed by atoms with van der Waals surface area (Å²) in [6, 6.07) is 4.39. The number of hydrogen-bond donors (Lipinski definition) is 2. The zero-order valence-electron chi connectivity index (χ0n) is 6.73. The second kappa shape index (κ2) is 5.60. The molecule has 0 saturated heterocycles. The number of benzene rings is 1. The SMILES string of the molecule is O=[N+]([O-])c1ccc(OP(=O)(O)O)cc1.[NaH]. The maximum atomic E-state index is 10.4. The van der Waals surface area contributed by atoms with E-state index in [0.717, 1.165) is 24.3 Å². The van der Waals surface area contributed by atoms with Crippen molar-refractivity contribution in [2.45, 2.75) is 0 Å². The zero-order valence-corrected chi connectivity index (χ0v) is 7.63. The number of hydrogen-bond acceptors (Lipinski definition) is 4. The first-order chi connectivity index (χ1) is 6.38. The van der Waals surface area contributed by atoms with Crippen LogP contribution in [0.3, 0.4) is 0 Å². The summed E-state index contributed by atoms with van der Waals surface area (Å²) in [5.41, 5.74) is -0.178. The number of phosphoric ester groups is 1. The van der Waals surface area contributed by atoms with Crippen LogP contribution in [0.15, 0.2) is 24.3 Å². The van der Waals surface area contributed by atoms with Crippen LogP contribution < -0.4 is 4.52 Å². The Morgan fingerprint density at radius 2 is 1.73 bits per heavy atom. The molecule has 0 aliphatic rings. The molecule has 78 valence electrons. The summed E-state index contributed by atoms with van der Waals surface area (Å²) in [4.78, 5) is 26.4. The van der Waals surface area contributed by atoms with Gasteiger partial charge in [-0.2, -0.15) is 0 Å². The molecule has 0 bridgehead atoms. The van der Waals surface area contributed by atoms with E-state index in [1.54, 1.807) is 0 Å². The van der Waals surface area contributed by atoms with Crippen LogP contribution in [0.2, 0.25) is 0 Å². The molecule has 2 N–H and O–H groups in total. The van der Waals surface area contributed by atoms with Crippen molar-refractivity contribution in [1.82, 2.24) is 0 Å². The van der Waals surface area contributed by atoms with Crippen molar-refractivity contribution in [2.24, 2.45) is 0 Å². The van der Waals surface area contributed by atoms with Crippen molar-refractivity contribution in [2.75, 3.05) is 0 Å². The van der Waals surface area contributed by atoms with E-state index < -0.39 is 12.7 Å². The molecule has 1 rings (SSSR count). The number of rotatable bonds is 3. The van der Waals surface area contributed by atoms with Crippen molar-refractivity contribution in [1.29, 1.82) is 0 Å². The summed E-state index contributed by atoms with van der Waals surface area (Å²) in [6.45, 7) is 0. The predicted molar refractivity (Wildman–Crippen MR) is 52.9 cm³/mol. The quantitative estimate of drug-likeness (QED) is 0.344. The van der Waals surface area contributed by atoms with Crippen molar-refractivity contribution < 1.29 is 23.8 Å². The average Bonchev–Trinajstić information content (AvgIpc) is 2.02. The summed E-state index contributed by atoms with van der Waals surface area (Å²) in [5, 5.41) is 10.2. The van der Waals surface area contributed by atoms with Crippen LogP contribution in [0, 0.1) is 10.1 Å². The molecule has 0 unspecified atom stereocenters. The molecular formula is C6H7NNaO6P. The van der Waals surface area contributed by atoms with Crippen LogP contribution in [0.5, 0.6) is 5.75 Å². The van der Waals surface area contributed by atoms with E-state index in [9.17, 15) is 14.7 Å². The van der Waals surface area contributed by atoms with Gasteiger partial charge in [-0.05, 0) is 12.1 Å². The van der Waals surface area contributed by atoms with Gasteiger partial charge < -0.3 is 4.52 Å². The Balaban J connectivity index is 0.00000196. The van der Waals surface area contributed by atoms with Crippen molar-refractivity contribution in [3.05, 3.63) is 34.4 Å². The predicted octanol–water partition coefficient (Wildman–Crippen LogP) is 0.418. The molecule has 0 amide bonds. The Morgan fingerprint density at radius 3 is 2.07 bits per heavy atom. The zero-order chi connectivity index (χ0) is 10.8. The van der Waals surface area contributed by atoms with Gasteiger partial charge in [-0.3, -0.25) is 19.9 Å². The van der Waals surface area contributed by atoms with E-state index in [0.29, 0.717) is 0 Å². The third kappa shape index (κ3) is 5.27. The van der Waals surface area contributed by atoms with Crippen LogP contribution >= 0.6 is 7.82 Å². The van der Waals surface area contributed by atoms with Gasteiger partial charge in [0.1, 0.15) is 5.75 Å². The normalized spacial score (nSPS) is 10.3. The van der Waals surface area contributed by atoms with E-state index in [1.807, 2.05) is 0 Å². The summed E-state index contributed by atoms with van der Waals surface area (Å²) in [7, 11) is -4.60. The minimum absolute atomic E-state index is 0. The first kappa shape index (κ1) is 14.6. The molecule has 7 nitrogen and oxygen atoms in total.